The van der Waals surface area contributed by atoms with Crippen LogP contribution in [-0.4, -0.2) is 35.7 Å². The van der Waals surface area contributed by atoms with E-state index in [2.05, 4.69) is 22.8 Å². The van der Waals surface area contributed by atoms with E-state index in [1.165, 1.54) is 19.1 Å². The highest BCUT2D eigenvalue weighted by Gasteiger charge is 2.29. The van der Waals surface area contributed by atoms with Crippen LogP contribution in [0, 0.1) is 6.92 Å². The van der Waals surface area contributed by atoms with Crippen molar-refractivity contribution in [3.63, 3.8) is 0 Å². The molecule has 0 fully saturated rings. The molecule has 3 aromatic rings. The molecule has 2 amide bonds. The highest BCUT2D eigenvalue weighted by molar-refractivity contribution is 5.98. The van der Waals surface area contributed by atoms with Crippen LogP contribution in [0.1, 0.15) is 39.9 Å². The Hall–Kier alpha value is -4.13. The predicted molar refractivity (Wildman–Crippen MR) is 124 cm³/mol. The second-order valence-electron chi connectivity index (χ2n) is 8.02. The maximum Gasteiger partial charge on any atom is 0.407 e. The number of hydrogen-bond donors (Lipinski definition) is 3. The van der Waals surface area contributed by atoms with Crippen molar-refractivity contribution in [2.24, 2.45) is 0 Å². The standard InChI is InChI=1S/C26H24N2O5/c1-15-11-12-17(25(30)31)13-23(15)28-24(29)16(2)27-26(32)33-14-22-20-9-5-3-7-18(20)19-8-4-6-10-21(19)22/h3-13,16,22H,14H2,1-2H3,(H,27,32)(H,28,29)(H,30,31). The van der Waals surface area contributed by atoms with E-state index in [1.807, 2.05) is 36.4 Å². The predicted octanol–water partition coefficient (Wildman–Crippen LogP) is 4.56. The molecule has 1 aliphatic carbocycles. The SMILES string of the molecule is Cc1ccc(C(=O)O)cc1NC(=O)C(C)NC(=O)OCC1c2ccccc2-c2ccccc21. The molecule has 1 atom stereocenters. The second kappa shape index (κ2) is 9.16. The molecule has 1 unspecified atom stereocenters. The molecule has 0 heterocycles. The number of alkyl carbamates (subject to hydrolysis) is 1. The van der Waals surface area contributed by atoms with Crippen LogP contribution in [0.5, 0.6) is 0 Å². The number of carbonyl (C=O) groups is 3. The fourth-order valence-electron chi connectivity index (χ4n) is 4.01. The van der Waals surface area contributed by atoms with Crippen molar-refractivity contribution in [3.8, 4) is 11.1 Å². The summed E-state index contributed by atoms with van der Waals surface area (Å²) in [5.41, 5.74) is 5.62. The third-order valence-corrected chi connectivity index (χ3v) is 5.81. The van der Waals surface area contributed by atoms with Gasteiger partial charge in [0.1, 0.15) is 12.6 Å². The number of anilines is 1. The van der Waals surface area contributed by atoms with Crippen molar-refractivity contribution in [1.29, 1.82) is 0 Å². The van der Waals surface area contributed by atoms with Crippen LogP contribution in [0.15, 0.2) is 66.7 Å². The first-order valence-electron chi connectivity index (χ1n) is 10.6. The molecular formula is C26H24N2O5. The van der Waals surface area contributed by atoms with Crippen molar-refractivity contribution < 1.29 is 24.2 Å². The van der Waals surface area contributed by atoms with Crippen molar-refractivity contribution in [1.82, 2.24) is 5.32 Å². The van der Waals surface area contributed by atoms with E-state index in [0.29, 0.717) is 11.3 Å². The van der Waals surface area contributed by atoms with E-state index in [9.17, 15) is 14.4 Å². The molecule has 33 heavy (non-hydrogen) atoms. The molecule has 7 heteroatoms. The smallest absolute Gasteiger partial charge is 0.407 e. The Balaban J connectivity index is 1.37. The minimum absolute atomic E-state index is 0.0630. The quantitative estimate of drug-likeness (QED) is 0.517. The molecule has 0 aromatic heterocycles. The van der Waals surface area contributed by atoms with Crippen molar-refractivity contribution in [3.05, 3.63) is 89.0 Å². The number of amides is 2. The molecular weight excluding hydrogens is 420 g/mol. The van der Waals surface area contributed by atoms with E-state index < -0.39 is 24.0 Å². The lowest BCUT2D eigenvalue weighted by atomic mass is 9.98. The average molecular weight is 444 g/mol. The fourth-order valence-corrected chi connectivity index (χ4v) is 4.01. The zero-order chi connectivity index (χ0) is 23.5. The fraction of sp³-hybridized carbons (Fsp3) is 0.192. The lowest BCUT2D eigenvalue weighted by Crippen LogP contribution is -2.42. The lowest BCUT2D eigenvalue weighted by molar-refractivity contribution is -0.117. The summed E-state index contributed by atoms with van der Waals surface area (Å²) in [6.07, 6.45) is -0.699. The van der Waals surface area contributed by atoms with Crippen LogP contribution < -0.4 is 10.6 Å². The van der Waals surface area contributed by atoms with Gasteiger partial charge in [0.15, 0.2) is 0 Å². The first-order chi connectivity index (χ1) is 15.8. The van der Waals surface area contributed by atoms with Gasteiger partial charge in [0, 0.05) is 11.6 Å². The Kier molecular flexibility index (Phi) is 6.13. The maximum absolute atomic E-state index is 12.5. The summed E-state index contributed by atoms with van der Waals surface area (Å²) in [4.78, 5) is 36.1. The maximum atomic E-state index is 12.5. The normalized spacial score (nSPS) is 12.9. The molecule has 0 bridgehead atoms. The highest BCUT2D eigenvalue weighted by atomic mass is 16.5. The lowest BCUT2D eigenvalue weighted by Gasteiger charge is -2.18. The first-order valence-corrected chi connectivity index (χ1v) is 10.6. The number of nitrogens with one attached hydrogen (secondary N) is 2. The van der Waals surface area contributed by atoms with Crippen molar-refractivity contribution in [2.45, 2.75) is 25.8 Å². The number of carboxylic acids is 1. The topological polar surface area (TPSA) is 105 Å². The molecule has 0 radical (unpaired) electrons. The number of benzene rings is 3. The van der Waals surface area contributed by atoms with Gasteiger partial charge in [0.05, 0.1) is 5.56 Å². The average Bonchev–Trinajstić information content (AvgIpc) is 3.12. The Labute approximate surface area is 191 Å². The van der Waals surface area contributed by atoms with Gasteiger partial charge in [-0.3, -0.25) is 4.79 Å². The number of fused-ring (bicyclic) bond motifs is 3. The van der Waals surface area contributed by atoms with Crippen LogP contribution in [0.4, 0.5) is 10.5 Å². The molecule has 1 aliphatic rings. The highest BCUT2D eigenvalue weighted by Crippen LogP contribution is 2.44. The van der Waals surface area contributed by atoms with E-state index in [0.717, 1.165) is 22.3 Å². The Morgan fingerprint density at radius 1 is 0.970 bits per heavy atom. The van der Waals surface area contributed by atoms with Gasteiger partial charge < -0.3 is 20.5 Å². The number of hydrogen-bond acceptors (Lipinski definition) is 4. The van der Waals surface area contributed by atoms with Crippen LogP contribution in [0.3, 0.4) is 0 Å². The van der Waals surface area contributed by atoms with Gasteiger partial charge in [0.2, 0.25) is 5.91 Å². The van der Waals surface area contributed by atoms with Crippen molar-refractivity contribution in [2.75, 3.05) is 11.9 Å². The van der Waals surface area contributed by atoms with Gasteiger partial charge in [-0.2, -0.15) is 0 Å². The number of rotatable bonds is 6. The minimum Gasteiger partial charge on any atom is -0.478 e. The van der Waals surface area contributed by atoms with E-state index in [-0.39, 0.29) is 18.1 Å². The molecule has 4 rings (SSSR count). The van der Waals surface area contributed by atoms with Crippen LogP contribution in [0.2, 0.25) is 0 Å². The van der Waals surface area contributed by atoms with Gasteiger partial charge in [-0.1, -0.05) is 54.6 Å². The summed E-state index contributed by atoms with van der Waals surface area (Å²) in [5.74, 6) is -1.64. The van der Waals surface area contributed by atoms with E-state index >= 15 is 0 Å². The first kappa shape index (κ1) is 22.1. The van der Waals surface area contributed by atoms with Crippen molar-refractivity contribution >= 4 is 23.7 Å². The van der Waals surface area contributed by atoms with E-state index in [1.54, 1.807) is 13.0 Å². The molecule has 3 aromatic carbocycles. The molecule has 0 spiro atoms. The number of carbonyl (C=O) groups excluding carboxylic acids is 2. The van der Waals surface area contributed by atoms with Gasteiger partial charge in [-0.15, -0.1) is 0 Å². The summed E-state index contributed by atoms with van der Waals surface area (Å²) in [6, 6.07) is 19.7. The van der Waals surface area contributed by atoms with Gasteiger partial charge in [0.25, 0.3) is 0 Å². The number of aromatic carboxylic acids is 1. The Morgan fingerprint density at radius 2 is 1.58 bits per heavy atom. The summed E-state index contributed by atoms with van der Waals surface area (Å²) in [7, 11) is 0. The van der Waals surface area contributed by atoms with Crippen LogP contribution in [0.25, 0.3) is 11.1 Å². The Morgan fingerprint density at radius 3 is 2.18 bits per heavy atom. The molecule has 0 aliphatic heterocycles. The molecule has 0 saturated heterocycles. The number of carboxylic acid groups (broad SMARTS) is 1. The third kappa shape index (κ3) is 4.57. The molecule has 7 nitrogen and oxygen atoms in total. The molecule has 168 valence electrons. The zero-order valence-electron chi connectivity index (χ0n) is 18.3. The summed E-state index contributed by atoms with van der Waals surface area (Å²) < 4.78 is 5.48. The summed E-state index contributed by atoms with van der Waals surface area (Å²) in [5, 5.41) is 14.3. The van der Waals surface area contributed by atoms with Gasteiger partial charge in [-0.25, -0.2) is 9.59 Å². The third-order valence-electron chi connectivity index (χ3n) is 5.81. The van der Waals surface area contributed by atoms with Gasteiger partial charge in [-0.05, 0) is 53.8 Å². The minimum atomic E-state index is -1.09. The Bertz CT molecular complexity index is 1190. The zero-order valence-corrected chi connectivity index (χ0v) is 18.3. The monoisotopic (exact) mass is 444 g/mol. The molecule has 3 N–H and O–H groups in total. The summed E-state index contributed by atoms with van der Waals surface area (Å²) in [6.45, 7) is 3.44. The number of ether oxygens (including phenoxy) is 1. The molecule has 0 saturated carbocycles. The van der Waals surface area contributed by atoms with Crippen LogP contribution >= 0.6 is 0 Å². The van der Waals surface area contributed by atoms with E-state index in [4.69, 9.17) is 9.84 Å². The largest absolute Gasteiger partial charge is 0.478 e. The number of aryl methyl sites for hydroxylation is 1. The van der Waals surface area contributed by atoms with Gasteiger partial charge >= 0.3 is 12.1 Å². The summed E-state index contributed by atoms with van der Waals surface area (Å²) >= 11 is 0. The van der Waals surface area contributed by atoms with Crippen LogP contribution in [-0.2, 0) is 9.53 Å². The second-order valence-corrected chi connectivity index (χ2v) is 8.02.